The van der Waals surface area contributed by atoms with Crippen molar-refractivity contribution in [1.82, 2.24) is 20.6 Å². The molecule has 1 fully saturated rings. The average molecular weight is 454 g/mol. The smallest absolute Gasteiger partial charge is 0.251 e. The molecular weight excluding hydrogens is 432 g/mol. The standard InChI is InChI=1S/C20H20FN5O2.2ClH/c1-28-18-9-23-8-17(18)26-20(27)13-4-12(5-14(21)6-13)11-2-3-16-15(7-11)19(22)25-10-24-16;;/h2-7,10,17-18,23H,8-9H2,1H3,(H,26,27)(H2,22,24,25);2*1H/t17-,18-;;/m0../s1. The molecule has 1 aliphatic heterocycles. The fourth-order valence-corrected chi connectivity index (χ4v) is 3.44. The number of hydrogen-bond acceptors (Lipinski definition) is 6. The monoisotopic (exact) mass is 453 g/mol. The average Bonchev–Trinajstić information content (AvgIpc) is 3.14. The van der Waals surface area contributed by atoms with E-state index in [1.165, 1.54) is 18.5 Å². The van der Waals surface area contributed by atoms with Gasteiger partial charge in [-0.1, -0.05) is 6.07 Å². The van der Waals surface area contributed by atoms with E-state index in [1.54, 1.807) is 25.3 Å². The van der Waals surface area contributed by atoms with Gasteiger partial charge in [0.15, 0.2) is 0 Å². The van der Waals surface area contributed by atoms with Gasteiger partial charge in [-0.15, -0.1) is 24.8 Å². The lowest BCUT2D eigenvalue weighted by Crippen LogP contribution is -2.43. The summed E-state index contributed by atoms with van der Waals surface area (Å²) in [5, 5.41) is 6.75. The van der Waals surface area contributed by atoms with Crippen LogP contribution < -0.4 is 16.4 Å². The zero-order chi connectivity index (χ0) is 19.7. The third kappa shape index (κ3) is 4.79. The van der Waals surface area contributed by atoms with E-state index in [9.17, 15) is 9.18 Å². The highest BCUT2D eigenvalue weighted by Gasteiger charge is 2.28. The van der Waals surface area contributed by atoms with E-state index in [-0.39, 0.29) is 48.4 Å². The predicted molar refractivity (Wildman–Crippen MR) is 119 cm³/mol. The summed E-state index contributed by atoms with van der Waals surface area (Å²) >= 11 is 0. The van der Waals surface area contributed by atoms with Crippen LogP contribution >= 0.6 is 24.8 Å². The number of ether oxygens (including phenoxy) is 1. The van der Waals surface area contributed by atoms with Crippen LogP contribution in [0.3, 0.4) is 0 Å². The minimum absolute atomic E-state index is 0. The second kappa shape index (κ2) is 9.99. The quantitative estimate of drug-likeness (QED) is 0.560. The Balaban J connectivity index is 0.00000160. The highest BCUT2D eigenvalue weighted by Crippen LogP contribution is 2.27. The first-order chi connectivity index (χ1) is 13.5. The van der Waals surface area contributed by atoms with Crippen LogP contribution in [0.4, 0.5) is 10.2 Å². The molecule has 2 aromatic carbocycles. The molecule has 1 saturated heterocycles. The Hall–Kier alpha value is -2.52. The van der Waals surface area contributed by atoms with Crippen molar-refractivity contribution in [2.24, 2.45) is 0 Å². The van der Waals surface area contributed by atoms with Crippen molar-refractivity contribution in [3.8, 4) is 11.1 Å². The SMILES string of the molecule is CO[C@H]1CNC[C@@H]1NC(=O)c1cc(F)cc(-c2ccc3ncnc(N)c3c2)c1.Cl.Cl. The second-order valence-corrected chi connectivity index (χ2v) is 6.73. The van der Waals surface area contributed by atoms with Gasteiger partial charge in [0.1, 0.15) is 18.0 Å². The number of fused-ring (bicyclic) bond motifs is 1. The number of methoxy groups -OCH3 is 1. The minimum atomic E-state index is -0.493. The van der Waals surface area contributed by atoms with E-state index in [0.29, 0.717) is 35.4 Å². The maximum Gasteiger partial charge on any atom is 0.251 e. The van der Waals surface area contributed by atoms with Gasteiger partial charge in [0.25, 0.3) is 5.91 Å². The maximum absolute atomic E-state index is 14.3. The van der Waals surface area contributed by atoms with Crippen molar-refractivity contribution in [2.75, 3.05) is 25.9 Å². The first-order valence-electron chi connectivity index (χ1n) is 8.91. The molecule has 160 valence electrons. The largest absolute Gasteiger partial charge is 0.383 e. The molecule has 0 saturated carbocycles. The van der Waals surface area contributed by atoms with Crippen LogP contribution in [0.25, 0.3) is 22.0 Å². The van der Waals surface area contributed by atoms with Crippen molar-refractivity contribution >= 4 is 47.4 Å². The van der Waals surface area contributed by atoms with Gasteiger partial charge in [0, 0.05) is 31.1 Å². The van der Waals surface area contributed by atoms with Crippen molar-refractivity contribution in [3.05, 3.63) is 54.1 Å². The normalized spacial score (nSPS) is 17.8. The van der Waals surface area contributed by atoms with Gasteiger partial charge >= 0.3 is 0 Å². The van der Waals surface area contributed by atoms with Crippen LogP contribution in [0.15, 0.2) is 42.7 Å². The number of nitrogens with two attached hydrogens (primary N) is 1. The fraction of sp³-hybridized carbons (Fsp3) is 0.250. The summed E-state index contributed by atoms with van der Waals surface area (Å²) in [6, 6.07) is 9.50. The molecule has 1 amide bonds. The summed E-state index contributed by atoms with van der Waals surface area (Å²) in [6.07, 6.45) is 1.29. The van der Waals surface area contributed by atoms with Crippen molar-refractivity contribution in [3.63, 3.8) is 0 Å². The number of benzene rings is 2. The number of anilines is 1. The summed E-state index contributed by atoms with van der Waals surface area (Å²) in [5.41, 5.74) is 8.16. The highest BCUT2D eigenvalue weighted by atomic mass is 35.5. The fourth-order valence-electron chi connectivity index (χ4n) is 3.44. The van der Waals surface area contributed by atoms with Crippen molar-refractivity contribution in [1.29, 1.82) is 0 Å². The van der Waals surface area contributed by atoms with Gasteiger partial charge in [-0.3, -0.25) is 4.79 Å². The van der Waals surface area contributed by atoms with Gasteiger partial charge in [-0.2, -0.15) is 0 Å². The lowest BCUT2D eigenvalue weighted by atomic mass is 10.0. The number of carbonyl (C=O) groups is 1. The Kier molecular flexibility index (Phi) is 7.91. The van der Waals surface area contributed by atoms with Crippen LogP contribution in [0.2, 0.25) is 0 Å². The molecule has 0 unspecified atom stereocenters. The van der Waals surface area contributed by atoms with E-state index in [0.717, 1.165) is 5.56 Å². The highest BCUT2D eigenvalue weighted by molar-refractivity contribution is 5.97. The Labute approximate surface area is 185 Å². The number of amides is 1. The van der Waals surface area contributed by atoms with Gasteiger partial charge < -0.3 is 21.1 Å². The van der Waals surface area contributed by atoms with Crippen LogP contribution in [0.5, 0.6) is 0 Å². The number of hydrogen-bond donors (Lipinski definition) is 3. The molecule has 4 rings (SSSR count). The number of carbonyl (C=O) groups excluding carboxylic acids is 1. The Morgan fingerprint density at radius 3 is 2.73 bits per heavy atom. The van der Waals surface area contributed by atoms with E-state index in [4.69, 9.17) is 10.5 Å². The van der Waals surface area contributed by atoms with Gasteiger partial charge in [0.05, 0.1) is 17.7 Å². The molecule has 0 bridgehead atoms. The molecule has 3 aromatic rings. The first-order valence-corrected chi connectivity index (χ1v) is 8.91. The molecule has 7 nitrogen and oxygen atoms in total. The predicted octanol–water partition coefficient (Wildman–Crippen LogP) is 2.58. The molecule has 4 N–H and O–H groups in total. The third-order valence-electron chi connectivity index (χ3n) is 4.94. The van der Waals surface area contributed by atoms with Crippen LogP contribution in [0, 0.1) is 5.82 Å². The molecule has 0 spiro atoms. The van der Waals surface area contributed by atoms with Crippen LogP contribution in [-0.2, 0) is 4.74 Å². The summed E-state index contributed by atoms with van der Waals surface area (Å²) in [4.78, 5) is 20.8. The summed E-state index contributed by atoms with van der Waals surface area (Å²) in [6.45, 7) is 1.27. The Morgan fingerprint density at radius 2 is 1.97 bits per heavy atom. The van der Waals surface area contributed by atoms with Gasteiger partial charge in [0.2, 0.25) is 0 Å². The van der Waals surface area contributed by atoms with Crippen molar-refractivity contribution in [2.45, 2.75) is 12.1 Å². The van der Waals surface area contributed by atoms with E-state index in [1.807, 2.05) is 6.07 Å². The molecule has 1 aliphatic rings. The van der Waals surface area contributed by atoms with Crippen molar-refractivity contribution < 1.29 is 13.9 Å². The van der Waals surface area contributed by atoms with E-state index in [2.05, 4.69) is 20.6 Å². The van der Waals surface area contributed by atoms with Crippen LogP contribution in [0.1, 0.15) is 10.4 Å². The number of nitrogen functional groups attached to an aromatic ring is 1. The van der Waals surface area contributed by atoms with Crippen LogP contribution in [-0.4, -0.2) is 48.2 Å². The zero-order valence-corrected chi connectivity index (χ0v) is 17.7. The summed E-state index contributed by atoms with van der Waals surface area (Å²) in [5.74, 6) is -0.492. The summed E-state index contributed by atoms with van der Waals surface area (Å²) < 4.78 is 19.6. The maximum atomic E-state index is 14.3. The lowest BCUT2D eigenvalue weighted by Gasteiger charge is -2.18. The summed E-state index contributed by atoms with van der Waals surface area (Å²) in [7, 11) is 1.60. The van der Waals surface area contributed by atoms with Gasteiger partial charge in [-0.05, 0) is 41.5 Å². The molecule has 2 heterocycles. The molecule has 30 heavy (non-hydrogen) atoms. The van der Waals surface area contributed by atoms with E-state index < -0.39 is 5.82 Å². The first kappa shape index (κ1) is 23.8. The number of aromatic nitrogens is 2. The number of nitrogens with one attached hydrogen (secondary N) is 2. The molecular formula is C20H22Cl2FN5O2. The minimum Gasteiger partial charge on any atom is -0.383 e. The Bertz CT molecular complexity index is 1050. The number of nitrogens with zero attached hydrogens (tertiary/aromatic N) is 2. The molecule has 2 atom stereocenters. The van der Waals surface area contributed by atoms with Gasteiger partial charge in [-0.25, -0.2) is 14.4 Å². The number of halogens is 3. The lowest BCUT2D eigenvalue weighted by molar-refractivity contribution is 0.0779. The third-order valence-corrected chi connectivity index (χ3v) is 4.94. The zero-order valence-electron chi connectivity index (χ0n) is 16.1. The Morgan fingerprint density at radius 1 is 1.17 bits per heavy atom. The molecule has 10 heteroatoms. The topological polar surface area (TPSA) is 102 Å². The second-order valence-electron chi connectivity index (χ2n) is 6.73. The molecule has 0 radical (unpaired) electrons. The number of rotatable bonds is 4. The van der Waals surface area contributed by atoms with E-state index >= 15 is 0 Å². The molecule has 1 aromatic heterocycles. The molecule has 0 aliphatic carbocycles.